The van der Waals surface area contributed by atoms with Gasteiger partial charge in [-0.2, -0.15) is 0 Å². The minimum atomic E-state index is -0.153. The van der Waals surface area contributed by atoms with Crippen LogP contribution < -0.4 is 5.14 Å². The summed E-state index contributed by atoms with van der Waals surface area (Å²) in [6, 6.07) is 0. The molecule has 40 valence electrons. The van der Waals surface area contributed by atoms with E-state index in [4.69, 9.17) is 5.14 Å². The molecule has 0 aromatic heterocycles. The minimum absolute atomic E-state index is 0.153. The summed E-state index contributed by atoms with van der Waals surface area (Å²) in [5.41, 5.74) is 0.493. The first-order valence-electron chi connectivity index (χ1n) is 1.75. The molecule has 0 aliphatic carbocycles. The van der Waals surface area contributed by atoms with Gasteiger partial charge in [0, 0.05) is 0 Å². The Morgan fingerprint density at radius 1 is 1.86 bits per heavy atom. The molecule has 0 aliphatic rings. The van der Waals surface area contributed by atoms with Crippen molar-refractivity contribution in [2.75, 3.05) is 0 Å². The predicted octanol–water partition coefficient (Wildman–Crippen LogP) is 0.696. The van der Waals surface area contributed by atoms with Crippen molar-refractivity contribution >= 4 is 17.1 Å². The Morgan fingerprint density at radius 2 is 2.29 bits per heavy atom. The van der Waals surface area contributed by atoms with E-state index in [2.05, 4.69) is 6.58 Å². The highest BCUT2D eigenvalue weighted by atomic mass is 32.2. The third-order valence-electron chi connectivity index (χ3n) is 0.455. The summed E-state index contributed by atoms with van der Waals surface area (Å²) in [7, 11) is 0. The van der Waals surface area contributed by atoms with Gasteiger partial charge in [0.05, 0.1) is 0 Å². The average molecular weight is 117 g/mol. The van der Waals surface area contributed by atoms with Gasteiger partial charge in [-0.05, 0) is 24.4 Å². The molecule has 0 fully saturated rings. The van der Waals surface area contributed by atoms with Gasteiger partial charge in [-0.1, -0.05) is 6.58 Å². The molecule has 7 heavy (non-hydrogen) atoms. The van der Waals surface area contributed by atoms with Crippen LogP contribution in [0.15, 0.2) is 12.2 Å². The summed E-state index contributed by atoms with van der Waals surface area (Å²) in [5, 5.41) is 4.73. The fourth-order valence-electron chi connectivity index (χ4n) is 0.101. The molecular formula is C4H7NOS. The van der Waals surface area contributed by atoms with Gasteiger partial charge in [0.15, 0.2) is 0 Å². The summed E-state index contributed by atoms with van der Waals surface area (Å²) >= 11 is 0.694. The quantitative estimate of drug-likeness (QED) is 0.406. The van der Waals surface area contributed by atoms with Crippen molar-refractivity contribution in [3.05, 3.63) is 12.2 Å². The number of hydrogen-bond acceptors (Lipinski definition) is 3. The van der Waals surface area contributed by atoms with E-state index < -0.39 is 0 Å². The maximum Gasteiger partial charge on any atom is 0.229 e. The summed E-state index contributed by atoms with van der Waals surface area (Å²) in [6.45, 7) is 5.00. The first-order valence-corrected chi connectivity index (χ1v) is 2.63. The Morgan fingerprint density at radius 3 is 2.29 bits per heavy atom. The number of hydrogen-bond donors (Lipinski definition) is 1. The van der Waals surface area contributed by atoms with Crippen LogP contribution in [0.4, 0.5) is 0 Å². The van der Waals surface area contributed by atoms with Crippen molar-refractivity contribution in [2.24, 2.45) is 5.14 Å². The van der Waals surface area contributed by atoms with E-state index in [-0.39, 0.29) is 5.12 Å². The number of rotatable bonds is 1. The Labute approximate surface area is 46.9 Å². The van der Waals surface area contributed by atoms with Crippen molar-refractivity contribution in [3.63, 3.8) is 0 Å². The van der Waals surface area contributed by atoms with Gasteiger partial charge < -0.3 is 0 Å². The average Bonchev–Trinajstić information content (AvgIpc) is 1.65. The summed E-state index contributed by atoms with van der Waals surface area (Å²) in [4.78, 5) is 10.2. The maximum absolute atomic E-state index is 10.2. The van der Waals surface area contributed by atoms with Crippen LogP contribution in [-0.4, -0.2) is 5.12 Å². The molecule has 0 unspecified atom stereocenters. The van der Waals surface area contributed by atoms with Gasteiger partial charge in [0.1, 0.15) is 0 Å². The van der Waals surface area contributed by atoms with Crippen molar-refractivity contribution in [2.45, 2.75) is 6.92 Å². The van der Waals surface area contributed by atoms with Gasteiger partial charge in [0.25, 0.3) is 0 Å². The van der Waals surface area contributed by atoms with E-state index in [1.54, 1.807) is 6.92 Å². The normalized spacial score (nSPS) is 8.29. The lowest BCUT2D eigenvalue weighted by atomic mass is 10.4. The van der Waals surface area contributed by atoms with E-state index in [0.717, 1.165) is 0 Å². The van der Waals surface area contributed by atoms with Crippen LogP contribution >= 0.6 is 11.9 Å². The van der Waals surface area contributed by atoms with Crippen molar-refractivity contribution in [1.29, 1.82) is 0 Å². The highest BCUT2D eigenvalue weighted by Gasteiger charge is 1.95. The largest absolute Gasteiger partial charge is 0.281 e. The Balaban J connectivity index is 3.58. The molecule has 0 saturated carbocycles. The molecule has 0 bridgehead atoms. The lowest BCUT2D eigenvalue weighted by molar-refractivity contribution is -0.107. The van der Waals surface area contributed by atoms with Crippen LogP contribution in [0.5, 0.6) is 0 Å². The molecule has 0 amide bonds. The molecule has 0 rings (SSSR count). The lowest BCUT2D eigenvalue weighted by Gasteiger charge is -1.86. The first kappa shape index (κ1) is 6.72. The summed E-state index contributed by atoms with van der Waals surface area (Å²) in [6.07, 6.45) is 0. The second-order valence-electron chi connectivity index (χ2n) is 1.19. The van der Waals surface area contributed by atoms with E-state index in [1.807, 2.05) is 0 Å². The first-order chi connectivity index (χ1) is 3.18. The number of nitrogens with two attached hydrogens (primary N) is 1. The zero-order valence-corrected chi connectivity index (χ0v) is 4.92. The van der Waals surface area contributed by atoms with Crippen LogP contribution in [0.3, 0.4) is 0 Å². The fourth-order valence-corrected chi connectivity index (χ4v) is 0.302. The standard InChI is InChI=1S/C4H7NOS/c1-3(2)4(6)7-5/h1,5H2,2H3. The zero-order valence-electron chi connectivity index (χ0n) is 4.10. The highest BCUT2D eigenvalue weighted by Crippen LogP contribution is 1.98. The summed E-state index contributed by atoms with van der Waals surface area (Å²) < 4.78 is 0. The van der Waals surface area contributed by atoms with Crippen molar-refractivity contribution in [3.8, 4) is 0 Å². The van der Waals surface area contributed by atoms with E-state index in [1.165, 1.54) is 0 Å². The van der Waals surface area contributed by atoms with Gasteiger partial charge >= 0.3 is 0 Å². The van der Waals surface area contributed by atoms with Gasteiger partial charge in [-0.3, -0.25) is 9.93 Å². The Bertz CT molecular complexity index is 99.9. The molecule has 0 aliphatic heterocycles. The zero-order chi connectivity index (χ0) is 5.86. The lowest BCUT2D eigenvalue weighted by Crippen LogP contribution is -1.94. The van der Waals surface area contributed by atoms with Crippen molar-refractivity contribution < 1.29 is 4.79 Å². The second-order valence-corrected chi connectivity index (χ2v) is 1.79. The monoisotopic (exact) mass is 117 g/mol. The topological polar surface area (TPSA) is 43.1 Å². The number of carbonyl (C=O) groups excluding carboxylic acids is 1. The van der Waals surface area contributed by atoms with Crippen LogP contribution in [0.25, 0.3) is 0 Å². The van der Waals surface area contributed by atoms with E-state index >= 15 is 0 Å². The van der Waals surface area contributed by atoms with E-state index in [9.17, 15) is 4.79 Å². The SMILES string of the molecule is C=C(C)C(=O)SN. The molecule has 3 heteroatoms. The third-order valence-corrected chi connectivity index (χ3v) is 1.02. The van der Waals surface area contributed by atoms with Crippen LogP contribution in [-0.2, 0) is 4.79 Å². The predicted molar refractivity (Wildman–Crippen MR) is 31.6 cm³/mol. The second kappa shape index (κ2) is 2.82. The molecule has 0 heterocycles. The van der Waals surface area contributed by atoms with Crippen LogP contribution in [0.2, 0.25) is 0 Å². The molecule has 0 radical (unpaired) electrons. The summed E-state index contributed by atoms with van der Waals surface area (Å²) in [5.74, 6) is 0. The number of carbonyl (C=O) groups is 1. The van der Waals surface area contributed by atoms with E-state index in [0.29, 0.717) is 17.5 Å². The minimum Gasteiger partial charge on any atom is -0.281 e. The molecule has 0 saturated heterocycles. The maximum atomic E-state index is 10.2. The molecule has 0 aromatic rings. The third kappa shape index (κ3) is 2.42. The van der Waals surface area contributed by atoms with Gasteiger partial charge in [-0.25, -0.2) is 0 Å². The molecular weight excluding hydrogens is 110 g/mol. The molecule has 2 nitrogen and oxygen atoms in total. The molecule has 2 N–H and O–H groups in total. The van der Waals surface area contributed by atoms with Crippen LogP contribution in [0, 0.1) is 0 Å². The fraction of sp³-hybridized carbons (Fsp3) is 0.250. The molecule has 0 spiro atoms. The molecule has 0 atom stereocenters. The van der Waals surface area contributed by atoms with Crippen molar-refractivity contribution in [1.82, 2.24) is 0 Å². The Kier molecular flexibility index (Phi) is 2.71. The smallest absolute Gasteiger partial charge is 0.229 e. The highest BCUT2D eigenvalue weighted by molar-refractivity contribution is 8.12. The van der Waals surface area contributed by atoms with Crippen LogP contribution in [0.1, 0.15) is 6.92 Å². The van der Waals surface area contributed by atoms with Gasteiger partial charge in [0.2, 0.25) is 5.12 Å². The Hall–Kier alpha value is -0.280. The molecule has 0 aromatic carbocycles. The van der Waals surface area contributed by atoms with Gasteiger partial charge in [-0.15, -0.1) is 0 Å².